The standard InChI is InChI=1S/C21H16IN3O2S/c22-15-8-6-7-14(13-15)19(26)25-21(28)24-18-12-5-4-11-17(18)20(27)23-16-9-2-1-3-10-16/h1-13H,(H,23,27)(H2,24,25,26,28). The second kappa shape index (κ2) is 9.43. The van der Waals surface area contributed by atoms with Gasteiger partial charge < -0.3 is 10.6 Å². The predicted octanol–water partition coefficient (Wildman–Crippen LogP) is 4.67. The van der Waals surface area contributed by atoms with Gasteiger partial charge in [0.25, 0.3) is 11.8 Å². The molecule has 0 aliphatic heterocycles. The predicted molar refractivity (Wildman–Crippen MR) is 124 cm³/mol. The van der Waals surface area contributed by atoms with Crippen molar-refractivity contribution in [2.45, 2.75) is 0 Å². The highest BCUT2D eigenvalue weighted by Gasteiger charge is 2.14. The highest BCUT2D eigenvalue weighted by Crippen LogP contribution is 2.17. The molecule has 0 aliphatic carbocycles. The lowest BCUT2D eigenvalue weighted by atomic mass is 10.1. The molecule has 28 heavy (non-hydrogen) atoms. The van der Waals surface area contributed by atoms with Crippen LogP contribution in [0.25, 0.3) is 0 Å². The van der Waals surface area contributed by atoms with Crippen molar-refractivity contribution in [3.8, 4) is 0 Å². The number of carbonyl (C=O) groups is 2. The molecule has 0 atom stereocenters. The minimum absolute atomic E-state index is 0.115. The van der Waals surface area contributed by atoms with Crippen LogP contribution in [-0.4, -0.2) is 16.9 Å². The van der Waals surface area contributed by atoms with Crippen LogP contribution >= 0.6 is 34.8 Å². The second-order valence-corrected chi connectivity index (χ2v) is 7.44. The van der Waals surface area contributed by atoms with E-state index in [1.165, 1.54) is 0 Å². The van der Waals surface area contributed by atoms with E-state index in [1.54, 1.807) is 54.6 Å². The average molecular weight is 501 g/mol. The summed E-state index contributed by atoms with van der Waals surface area (Å²) in [6.45, 7) is 0. The lowest BCUT2D eigenvalue weighted by molar-refractivity contribution is 0.0976. The first-order valence-corrected chi connectivity index (χ1v) is 9.85. The van der Waals surface area contributed by atoms with Gasteiger partial charge >= 0.3 is 0 Å². The molecule has 0 unspecified atom stereocenters. The smallest absolute Gasteiger partial charge is 0.257 e. The van der Waals surface area contributed by atoms with Crippen molar-refractivity contribution >= 4 is 63.1 Å². The molecule has 0 aromatic heterocycles. The molecule has 0 saturated heterocycles. The zero-order valence-electron chi connectivity index (χ0n) is 14.6. The van der Waals surface area contributed by atoms with Gasteiger partial charge in [-0.15, -0.1) is 0 Å². The van der Waals surface area contributed by atoms with E-state index in [1.807, 2.05) is 24.3 Å². The molecule has 140 valence electrons. The molecule has 3 rings (SSSR count). The summed E-state index contributed by atoms with van der Waals surface area (Å²) in [5, 5.41) is 8.51. The van der Waals surface area contributed by atoms with Crippen LogP contribution in [0.1, 0.15) is 20.7 Å². The van der Waals surface area contributed by atoms with E-state index in [-0.39, 0.29) is 16.9 Å². The minimum Gasteiger partial charge on any atom is -0.332 e. The summed E-state index contributed by atoms with van der Waals surface area (Å²) in [5.74, 6) is -0.594. The van der Waals surface area contributed by atoms with Crippen LogP contribution < -0.4 is 16.0 Å². The number of nitrogens with one attached hydrogen (secondary N) is 3. The molecule has 0 heterocycles. The number of hydrogen-bond donors (Lipinski definition) is 3. The molecule has 5 nitrogen and oxygen atoms in total. The fourth-order valence-electron chi connectivity index (χ4n) is 2.47. The Bertz CT molecular complexity index is 1020. The molecule has 3 N–H and O–H groups in total. The van der Waals surface area contributed by atoms with Gasteiger partial charge in [-0.1, -0.05) is 36.4 Å². The first-order chi connectivity index (χ1) is 13.5. The van der Waals surface area contributed by atoms with Crippen LogP contribution in [0, 0.1) is 3.57 Å². The van der Waals surface area contributed by atoms with Crippen molar-refractivity contribution in [3.63, 3.8) is 0 Å². The summed E-state index contributed by atoms with van der Waals surface area (Å²) in [6.07, 6.45) is 0. The fraction of sp³-hybridized carbons (Fsp3) is 0. The number of thiocarbonyl (C=S) groups is 1. The van der Waals surface area contributed by atoms with Gasteiger partial charge in [0.05, 0.1) is 11.3 Å². The molecule has 3 aromatic carbocycles. The number of hydrogen-bond acceptors (Lipinski definition) is 3. The first-order valence-electron chi connectivity index (χ1n) is 8.36. The largest absolute Gasteiger partial charge is 0.332 e. The number of halogens is 1. The van der Waals surface area contributed by atoms with Crippen molar-refractivity contribution in [2.75, 3.05) is 10.6 Å². The Labute approximate surface area is 181 Å². The maximum atomic E-state index is 12.6. The van der Waals surface area contributed by atoms with Crippen molar-refractivity contribution in [1.29, 1.82) is 0 Å². The van der Waals surface area contributed by atoms with E-state index < -0.39 is 0 Å². The van der Waals surface area contributed by atoms with Crippen LogP contribution in [0.5, 0.6) is 0 Å². The third kappa shape index (κ3) is 5.37. The van der Waals surface area contributed by atoms with Crippen LogP contribution in [0.4, 0.5) is 11.4 Å². The van der Waals surface area contributed by atoms with E-state index in [2.05, 4.69) is 38.5 Å². The van der Waals surface area contributed by atoms with Crippen LogP contribution in [0.15, 0.2) is 78.9 Å². The number of benzene rings is 3. The third-order valence-electron chi connectivity index (χ3n) is 3.77. The Morgan fingerprint density at radius 2 is 1.50 bits per heavy atom. The second-order valence-electron chi connectivity index (χ2n) is 5.78. The Morgan fingerprint density at radius 3 is 2.25 bits per heavy atom. The van der Waals surface area contributed by atoms with E-state index >= 15 is 0 Å². The van der Waals surface area contributed by atoms with Crippen molar-refractivity contribution in [1.82, 2.24) is 5.32 Å². The maximum Gasteiger partial charge on any atom is 0.257 e. The number of amides is 2. The quantitative estimate of drug-likeness (QED) is 0.359. The Morgan fingerprint density at radius 1 is 0.786 bits per heavy atom. The molecule has 0 radical (unpaired) electrons. The SMILES string of the molecule is O=C(NC(=S)Nc1ccccc1C(=O)Nc1ccccc1)c1cccc(I)c1. The van der Waals surface area contributed by atoms with Gasteiger partial charge in [0, 0.05) is 14.8 Å². The van der Waals surface area contributed by atoms with E-state index in [0.717, 1.165) is 3.57 Å². The normalized spacial score (nSPS) is 10.0. The summed E-state index contributed by atoms with van der Waals surface area (Å²) in [5.41, 5.74) is 2.11. The zero-order valence-corrected chi connectivity index (χ0v) is 17.6. The van der Waals surface area contributed by atoms with E-state index in [9.17, 15) is 9.59 Å². The summed E-state index contributed by atoms with van der Waals surface area (Å²) in [6, 6.07) is 23.3. The van der Waals surface area contributed by atoms with Crippen molar-refractivity contribution in [3.05, 3.63) is 93.6 Å². The number of anilines is 2. The average Bonchev–Trinajstić information content (AvgIpc) is 2.69. The number of para-hydroxylation sites is 2. The van der Waals surface area contributed by atoms with Crippen molar-refractivity contribution < 1.29 is 9.59 Å². The van der Waals surface area contributed by atoms with Crippen LogP contribution in [0.3, 0.4) is 0 Å². The van der Waals surface area contributed by atoms with E-state index in [0.29, 0.717) is 22.5 Å². The topological polar surface area (TPSA) is 70.2 Å². The first kappa shape index (κ1) is 20.0. The van der Waals surface area contributed by atoms with Gasteiger partial charge in [-0.3, -0.25) is 14.9 Å². The molecule has 0 spiro atoms. The van der Waals surface area contributed by atoms with E-state index in [4.69, 9.17) is 12.2 Å². The minimum atomic E-state index is -0.317. The summed E-state index contributed by atoms with van der Waals surface area (Å²) in [7, 11) is 0. The highest BCUT2D eigenvalue weighted by atomic mass is 127. The molecule has 2 amide bonds. The summed E-state index contributed by atoms with van der Waals surface area (Å²) in [4.78, 5) is 25.0. The maximum absolute atomic E-state index is 12.6. The van der Waals surface area contributed by atoms with Crippen LogP contribution in [-0.2, 0) is 0 Å². The molecule has 0 fully saturated rings. The Hall–Kier alpha value is -2.78. The van der Waals surface area contributed by atoms with Crippen molar-refractivity contribution in [2.24, 2.45) is 0 Å². The van der Waals surface area contributed by atoms with Gasteiger partial charge in [-0.2, -0.15) is 0 Å². The number of carbonyl (C=O) groups excluding carboxylic acids is 2. The van der Waals surface area contributed by atoms with Gasteiger partial charge in [0.1, 0.15) is 0 Å². The van der Waals surface area contributed by atoms with Gasteiger partial charge in [-0.25, -0.2) is 0 Å². The fourth-order valence-corrected chi connectivity index (χ4v) is 3.21. The lowest BCUT2D eigenvalue weighted by Crippen LogP contribution is -2.34. The zero-order chi connectivity index (χ0) is 19.9. The summed E-state index contributed by atoms with van der Waals surface area (Å²) >= 11 is 7.38. The molecule has 0 aliphatic rings. The van der Waals surface area contributed by atoms with Gasteiger partial charge in [0.2, 0.25) is 0 Å². The molecule has 0 saturated carbocycles. The Kier molecular flexibility index (Phi) is 6.72. The molecule has 7 heteroatoms. The molecular formula is C21H16IN3O2S. The lowest BCUT2D eigenvalue weighted by Gasteiger charge is -2.13. The highest BCUT2D eigenvalue weighted by molar-refractivity contribution is 14.1. The molecule has 3 aromatic rings. The monoisotopic (exact) mass is 501 g/mol. The molecule has 0 bridgehead atoms. The number of rotatable bonds is 4. The molecular weight excluding hydrogens is 485 g/mol. The van der Waals surface area contributed by atoms with Gasteiger partial charge in [0.15, 0.2) is 5.11 Å². The summed E-state index contributed by atoms with van der Waals surface area (Å²) < 4.78 is 0.951. The van der Waals surface area contributed by atoms with Crippen LogP contribution in [0.2, 0.25) is 0 Å². The van der Waals surface area contributed by atoms with Gasteiger partial charge in [-0.05, 0) is 77.3 Å². The Balaban J connectivity index is 1.69. The third-order valence-corrected chi connectivity index (χ3v) is 4.64.